The number of hydrogen-bond donors (Lipinski definition) is 2. The molecule has 1 saturated carbocycles. The Labute approximate surface area is 195 Å². The Morgan fingerprint density at radius 1 is 1.30 bits per heavy atom. The van der Waals surface area contributed by atoms with Crippen LogP contribution in [0, 0.1) is 0 Å². The van der Waals surface area contributed by atoms with Gasteiger partial charge in [0.05, 0.1) is 11.6 Å². The first kappa shape index (κ1) is 25.1. The Kier molecular flexibility index (Phi) is 9.60. The van der Waals surface area contributed by atoms with Crippen molar-refractivity contribution in [3.8, 4) is 0 Å². The minimum atomic E-state index is -4.40. The van der Waals surface area contributed by atoms with Crippen LogP contribution >= 0.6 is 35.3 Å². The summed E-state index contributed by atoms with van der Waals surface area (Å²) in [6.45, 7) is 6.51. The molecule has 2 heterocycles. The maximum absolute atomic E-state index is 12.6. The fraction of sp³-hybridized carbons (Fsp3) is 0.722. The third kappa shape index (κ3) is 7.84. The molecular formula is C18H28F3IN6OS. The highest BCUT2D eigenvalue weighted by molar-refractivity contribution is 14.0. The van der Waals surface area contributed by atoms with Gasteiger partial charge in [-0.15, -0.1) is 35.3 Å². The number of guanidine groups is 1. The third-order valence-corrected chi connectivity index (χ3v) is 5.65. The minimum absolute atomic E-state index is 0. The molecule has 1 aliphatic heterocycles. The van der Waals surface area contributed by atoms with Crippen molar-refractivity contribution in [3.05, 3.63) is 16.1 Å². The third-order valence-electron chi connectivity index (χ3n) is 4.75. The van der Waals surface area contributed by atoms with Gasteiger partial charge in [-0.2, -0.15) is 13.2 Å². The quantitative estimate of drug-likeness (QED) is 0.304. The van der Waals surface area contributed by atoms with Crippen molar-refractivity contribution in [3.63, 3.8) is 0 Å². The van der Waals surface area contributed by atoms with Gasteiger partial charge < -0.3 is 15.5 Å². The molecule has 1 aromatic heterocycles. The van der Waals surface area contributed by atoms with E-state index in [1.807, 2.05) is 6.92 Å². The predicted molar refractivity (Wildman–Crippen MR) is 121 cm³/mol. The lowest BCUT2D eigenvalue weighted by Crippen LogP contribution is -2.54. The fourth-order valence-electron chi connectivity index (χ4n) is 3.06. The second-order valence-electron chi connectivity index (χ2n) is 7.21. The highest BCUT2D eigenvalue weighted by Gasteiger charge is 2.33. The maximum atomic E-state index is 12.6. The summed E-state index contributed by atoms with van der Waals surface area (Å²) >= 11 is 1.01. The number of alkyl halides is 3. The van der Waals surface area contributed by atoms with Crippen LogP contribution in [-0.4, -0.2) is 78.5 Å². The molecule has 12 heteroatoms. The number of carbonyl (C=O) groups is 1. The van der Waals surface area contributed by atoms with E-state index in [1.165, 1.54) is 0 Å². The minimum Gasteiger partial charge on any atom is -0.357 e. The number of aliphatic imine (C=N–C) groups is 1. The van der Waals surface area contributed by atoms with Crippen LogP contribution in [0.1, 0.15) is 30.5 Å². The number of aromatic nitrogens is 1. The van der Waals surface area contributed by atoms with Gasteiger partial charge in [-0.3, -0.25) is 14.7 Å². The van der Waals surface area contributed by atoms with Crippen molar-refractivity contribution in [2.75, 3.05) is 45.8 Å². The average molecular weight is 560 g/mol. The maximum Gasteiger partial charge on any atom is 0.434 e. The van der Waals surface area contributed by atoms with E-state index in [-0.39, 0.29) is 29.9 Å². The summed E-state index contributed by atoms with van der Waals surface area (Å²) in [4.78, 5) is 24.4. The van der Waals surface area contributed by atoms with E-state index in [4.69, 9.17) is 0 Å². The zero-order chi connectivity index (χ0) is 20.9. The molecule has 1 saturated heterocycles. The summed E-state index contributed by atoms with van der Waals surface area (Å²) < 4.78 is 37.9. The Morgan fingerprint density at radius 2 is 2.00 bits per heavy atom. The van der Waals surface area contributed by atoms with Crippen LogP contribution < -0.4 is 10.6 Å². The van der Waals surface area contributed by atoms with Gasteiger partial charge in [-0.05, 0) is 19.8 Å². The largest absolute Gasteiger partial charge is 0.434 e. The molecule has 0 aromatic carbocycles. The van der Waals surface area contributed by atoms with Crippen LogP contribution in [0.5, 0.6) is 0 Å². The number of halogens is 4. The zero-order valence-electron chi connectivity index (χ0n) is 16.9. The van der Waals surface area contributed by atoms with Crippen LogP contribution in [0.15, 0.2) is 10.4 Å². The number of amides is 1. The molecule has 0 spiro atoms. The van der Waals surface area contributed by atoms with Gasteiger partial charge in [0.15, 0.2) is 11.7 Å². The molecule has 3 rings (SSSR count). The summed E-state index contributed by atoms with van der Waals surface area (Å²) in [5.74, 6) is 0.838. The van der Waals surface area contributed by atoms with E-state index in [0.717, 1.165) is 61.7 Å². The smallest absolute Gasteiger partial charge is 0.357 e. The highest BCUT2D eigenvalue weighted by Crippen LogP contribution is 2.30. The van der Waals surface area contributed by atoms with Gasteiger partial charge in [-0.1, -0.05) is 0 Å². The Bertz CT molecular complexity index is 717. The molecule has 0 unspecified atom stereocenters. The summed E-state index contributed by atoms with van der Waals surface area (Å²) in [6, 6.07) is 0.376. The standard InChI is InChI=1S/C18H27F3N6OS.HI/c1-2-22-17(23-6-5-16-25-14(12-29-16)18(19,20)21)27-9-7-26(8-10-27)11-15(28)24-13-3-4-13;/h12-13H,2-11H2,1H3,(H,22,23)(H,24,28);1H. The number of hydrogen-bond acceptors (Lipinski definition) is 5. The van der Waals surface area contributed by atoms with Gasteiger partial charge in [0.2, 0.25) is 5.91 Å². The van der Waals surface area contributed by atoms with E-state index in [2.05, 4.69) is 30.4 Å². The monoisotopic (exact) mass is 560 g/mol. The lowest BCUT2D eigenvalue weighted by atomic mass is 10.3. The molecule has 0 bridgehead atoms. The van der Waals surface area contributed by atoms with Crippen LogP contribution in [0.3, 0.4) is 0 Å². The van der Waals surface area contributed by atoms with Gasteiger partial charge in [0, 0.05) is 57.1 Å². The fourth-order valence-corrected chi connectivity index (χ4v) is 3.86. The van der Waals surface area contributed by atoms with Gasteiger partial charge >= 0.3 is 6.18 Å². The molecule has 0 radical (unpaired) electrons. The summed E-state index contributed by atoms with van der Waals surface area (Å²) in [7, 11) is 0. The topological polar surface area (TPSA) is 72.9 Å². The van der Waals surface area contributed by atoms with Crippen LogP contribution in [0.25, 0.3) is 0 Å². The van der Waals surface area contributed by atoms with Gasteiger partial charge in [0.1, 0.15) is 0 Å². The number of nitrogens with zero attached hydrogens (tertiary/aromatic N) is 4. The number of thiazole rings is 1. The second kappa shape index (κ2) is 11.5. The first-order valence-electron chi connectivity index (χ1n) is 9.91. The number of nitrogens with one attached hydrogen (secondary N) is 2. The molecule has 2 fully saturated rings. The second-order valence-corrected chi connectivity index (χ2v) is 8.16. The molecule has 7 nitrogen and oxygen atoms in total. The summed E-state index contributed by atoms with van der Waals surface area (Å²) in [6.07, 6.45) is -1.86. The van der Waals surface area contributed by atoms with E-state index in [0.29, 0.717) is 37.1 Å². The van der Waals surface area contributed by atoms with Crippen LogP contribution in [0.4, 0.5) is 13.2 Å². The van der Waals surface area contributed by atoms with Crippen molar-refractivity contribution in [1.29, 1.82) is 0 Å². The molecule has 2 N–H and O–H groups in total. The molecule has 30 heavy (non-hydrogen) atoms. The van der Waals surface area contributed by atoms with Crippen molar-refractivity contribution < 1.29 is 18.0 Å². The van der Waals surface area contributed by atoms with Crippen molar-refractivity contribution in [2.45, 2.75) is 38.4 Å². The molecule has 170 valence electrons. The lowest BCUT2D eigenvalue weighted by Gasteiger charge is -2.36. The number of rotatable bonds is 7. The van der Waals surface area contributed by atoms with Crippen molar-refractivity contribution in [2.24, 2.45) is 4.99 Å². The first-order chi connectivity index (χ1) is 13.8. The molecule has 2 aliphatic rings. The Morgan fingerprint density at radius 3 is 2.57 bits per heavy atom. The van der Waals surface area contributed by atoms with E-state index in [9.17, 15) is 18.0 Å². The van der Waals surface area contributed by atoms with Gasteiger partial charge in [0.25, 0.3) is 0 Å². The van der Waals surface area contributed by atoms with Crippen molar-refractivity contribution in [1.82, 2.24) is 25.4 Å². The lowest BCUT2D eigenvalue weighted by molar-refractivity contribution is -0.140. The van der Waals surface area contributed by atoms with Gasteiger partial charge in [-0.25, -0.2) is 4.98 Å². The number of piperazine rings is 1. The highest BCUT2D eigenvalue weighted by atomic mass is 127. The summed E-state index contributed by atoms with van der Waals surface area (Å²) in [5, 5.41) is 7.72. The Balaban J connectivity index is 0.00000320. The zero-order valence-corrected chi connectivity index (χ0v) is 20.0. The average Bonchev–Trinajstić information content (AvgIpc) is 3.33. The summed E-state index contributed by atoms with van der Waals surface area (Å²) in [5.41, 5.74) is -0.838. The molecule has 0 atom stereocenters. The van der Waals surface area contributed by atoms with E-state index >= 15 is 0 Å². The number of carbonyl (C=O) groups excluding carboxylic acids is 1. The molecular weight excluding hydrogens is 532 g/mol. The SMILES string of the molecule is CCNC(=NCCc1nc(C(F)(F)F)cs1)N1CCN(CC(=O)NC2CC2)CC1.I. The van der Waals surface area contributed by atoms with Crippen LogP contribution in [0.2, 0.25) is 0 Å². The Hall–Kier alpha value is -1.15. The normalized spacial score (nSPS) is 18.1. The first-order valence-corrected chi connectivity index (χ1v) is 10.8. The molecule has 1 aliphatic carbocycles. The van der Waals surface area contributed by atoms with Crippen molar-refractivity contribution >= 4 is 47.2 Å². The van der Waals surface area contributed by atoms with E-state index < -0.39 is 11.9 Å². The van der Waals surface area contributed by atoms with E-state index in [1.54, 1.807) is 0 Å². The molecule has 1 amide bonds. The predicted octanol–water partition coefficient (Wildman–Crippen LogP) is 2.18. The molecule has 1 aromatic rings. The van der Waals surface area contributed by atoms with Crippen LogP contribution in [-0.2, 0) is 17.4 Å².